The molecule has 8 heteroatoms. The van der Waals surface area contributed by atoms with E-state index in [1.54, 1.807) is 30.3 Å². The van der Waals surface area contributed by atoms with Crippen molar-refractivity contribution in [2.45, 2.75) is 19.5 Å². The standard InChI is InChI=1S/C20H16ClF3N2O2/c1-2-9-28-18-6-4-3-5-13(18)10-14(12-25)19(27)26-15-7-8-17(21)16(11-15)20(22,23)24/h3-8,10-11H,2,9H2,1H3,(H,26,27)/b14-10+. The van der Waals surface area contributed by atoms with E-state index in [9.17, 15) is 23.2 Å². The largest absolute Gasteiger partial charge is 0.493 e. The number of hydrogen-bond donors (Lipinski definition) is 1. The van der Waals surface area contributed by atoms with Gasteiger partial charge in [0.25, 0.3) is 5.91 Å². The molecule has 0 saturated carbocycles. The van der Waals surface area contributed by atoms with E-state index in [1.165, 1.54) is 12.1 Å². The Hall–Kier alpha value is -2.98. The minimum absolute atomic E-state index is 0.126. The van der Waals surface area contributed by atoms with Crippen LogP contribution in [0.5, 0.6) is 5.75 Å². The Bertz CT molecular complexity index is 934. The zero-order valence-corrected chi connectivity index (χ0v) is 15.6. The van der Waals surface area contributed by atoms with Crippen LogP contribution in [0.2, 0.25) is 5.02 Å². The highest BCUT2D eigenvalue weighted by molar-refractivity contribution is 6.31. The van der Waals surface area contributed by atoms with Crippen LogP contribution in [0.15, 0.2) is 48.0 Å². The van der Waals surface area contributed by atoms with Gasteiger partial charge in [0.2, 0.25) is 0 Å². The highest BCUT2D eigenvalue weighted by atomic mass is 35.5. The summed E-state index contributed by atoms with van der Waals surface area (Å²) in [4.78, 5) is 12.4. The Kier molecular flexibility index (Phi) is 7.07. The molecule has 0 spiro atoms. The van der Waals surface area contributed by atoms with Crippen LogP contribution in [0.4, 0.5) is 18.9 Å². The molecule has 0 aliphatic heterocycles. The third-order valence-electron chi connectivity index (χ3n) is 3.58. The van der Waals surface area contributed by atoms with Crippen LogP contribution < -0.4 is 10.1 Å². The molecular formula is C20H16ClF3N2O2. The first-order valence-corrected chi connectivity index (χ1v) is 8.65. The Balaban J connectivity index is 2.28. The second-order valence-corrected chi connectivity index (χ2v) is 6.11. The zero-order valence-electron chi connectivity index (χ0n) is 14.8. The van der Waals surface area contributed by atoms with Crippen LogP contribution >= 0.6 is 11.6 Å². The normalized spacial score (nSPS) is 11.6. The molecule has 0 bridgehead atoms. The molecule has 2 aromatic rings. The van der Waals surface area contributed by atoms with E-state index in [1.807, 2.05) is 6.92 Å². The zero-order chi connectivity index (χ0) is 20.7. The average molecular weight is 409 g/mol. The number of nitriles is 1. The number of alkyl halides is 3. The van der Waals surface area contributed by atoms with Gasteiger partial charge in [-0.15, -0.1) is 0 Å². The number of hydrogen-bond acceptors (Lipinski definition) is 3. The second kappa shape index (κ2) is 9.29. The Morgan fingerprint density at radius 1 is 1.29 bits per heavy atom. The monoisotopic (exact) mass is 408 g/mol. The van der Waals surface area contributed by atoms with Crippen molar-refractivity contribution in [2.24, 2.45) is 0 Å². The second-order valence-electron chi connectivity index (χ2n) is 5.70. The quantitative estimate of drug-likeness (QED) is 0.493. The molecule has 28 heavy (non-hydrogen) atoms. The third kappa shape index (κ3) is 5.51. The Labute approximate surface area is 165 Å². The van der Waals surface area contributed by atoms with Crippen LogP contribution in [0.1, 0.15) is 24.5 Å². The molecule has 0 radical (unpaired) electrons. The van der Waals surface area contributed by atoms with Gasteiger partial charge < -0.3 is 10.1 Å². The van der Waals surface area contributed by atoms with Gasteiger partial charge >= 0.3 is 6.18 Å². The van der Waals surface area contributed by atoms with Gasteiger partial charge in [0, 0.05) is 11.3 Å². The topological polar surface area (TPSA) is 62.1 Å². The van der Waals surface area contributed by atoms with Crippen molar-refractivity contribution in [3.05, 3.63) is 64.2 Å². The third-order valence-corrected chi connectivity index (χ3v) is 3.90. The molecule has 0 aromatic heterocycles. The van der Waals surface area contributed by atoms with E-state index >= 15 is 0 Å². The lowest BCUT2D eigenvalue weighted by Crippen LogP contribution is -2.15. The summed E-state index contributed by atoms with van der Waals surface area (Å²) in [6.45, 7) is 2.40. The van der Waals surface area contributed by atoms with Crippen molar-refractivity contribution < 1.29 is 22.7 Å². The predicted octanol–water partition coefficient (Wildman–Crippen LogP) is 5.69. The lowest BCUT2D eigenvalue weighted by atomic mass is 10.1. The van der Waals surface area contributed by atoms with Gasteiger partial charge in [0.05, 0.1) is 17.2 Å². The average Bonchev–Trinajstić information content (AvgIpc) is 2.65. The predicted molar refractivity (Wildman–Crippen MR) is 101 cm³/mol. The fraction of sp³-hybridized carbons (Fsp3) is 0.200. The number of para-hydroxylation sites is 1. The van der Waals surface area contributed by atoms with Gasteiger partial charge in [-0.1, -0.05) is 36.7 Å². The molecule has 1 amide bonds. The summed E-state index contributed by atoms with van der Waals surface area (Å²) >= 11 is 5.56. The number of halogens is 4. The molecule has 2 aromatic carbocycles. The van der Waals surface area contributed by atoms with Crippen LogP contribution in [-0.2, 0) is 11.0 Å². The lowest BCUT2D eigenvalue weighted by Gasteiger charge is -2.12. The van der Waals surface area contributed by atoms with Crippen molar-refractivity contribution >= 4 is 29.3 Å². The van der Waals surface area contributed by atoms with Crippen molar-refractivity contribution in [1.82, 2.24) is 0 Å². The maximum atomic E-state index is 12.9. The molecule has 4 nitrogen and oxygen atoms in total. The molecule has 0 heterocycles. The van der Waals surface area contributed by atoms with Crippen LogP contribution in [0.25, 0.3) is 6.08 Å². The molecule has 0 unspecified atom stereocenters. The van der Waals surface area contributed by atoms with E-state index in [0.717, 1.165) is 12.5 Å². The van der Waals surface area contributed by atoms with E-state index in [2.05, 4.69) is 5.32 Å². The van der Waals surface area contributed by atoms with E-state index in [0.29, 0.717) is 24.0 Å². The van der Waals surface area contributed by atoms with Crippen molar-refractivity contribution in [1.29, 1.82) is 5.26 Å². The van der Waals surface area contributed by atoms with Gasteiger partial charge in [-0.3, -0.25) is 4.79 Å². The fourth-order valence-corrected chi connectivity index (χ4v) is 2.49. The highest BCUT2D eigenvalue weighted by Crippen LogP contribution is 2.36. The van der Waals surface area contributed by atoms with Gasteiger partial charge in [-0.2, -0.15) is 18.4 Å². The molecule has 0 saturated heterocycles. The minimum atomic E-state index is -4.67. The summed E-state index contributed by atoms with van der Waals surface area (Å²) in [5.74, 6) is -0.348. The maximum Gasteiger partial charge on any atom is 0.417 e. The molecule has 0 aliphatic rings. The number of amides is 1. The van der Waals surface area contributed by atoms with Gasteiger partial charge in [-0.25, -0.2) is 0 Å². The van der Waals surface area contributed by atoms with Crippen LogP contribution in [-0.4, -0.2) is 12.5 Å². The van der Waals surface area contributed by atoms with Crippen LogP contribution in [0.3, 0.4) is 0 Å². The number of nitrogens with zero attached hydrogens (tertiary/aromatic N) is 1. The van der Waals surface area contributed by atoms with Crippen LogP contribution in [0, 0.1) is 11.3 Å². The fourth-order valence-electron chi connectivity index (χ4n) is 2.27. The number of carbonyl (C=O) groups is 1. The number of carbonyl (C=O) groups excluding carboxylic acids is 1. The summed E-state index contributed by atoms with van der Waals surface area (Å²) < 4.78 is 44.4. The number of nitrogens with one attached hydrogen (secondary N) is 1. The minimum Gasteiger partial charge on any atom is -0.493 e. The Morgan fingerprint density at radius 2 is 2.00 bits per heavy atom. The van der Waals surface area contributed by atoms with Gasteiger partial charge in [-0.05, 0) is 36.8 Å². The summed E-state index contributed by atoms with van der Waals surface area (Å²) in [5, 5.41) is 11.1. The SMILES string of the molecule is CCCOc1ccccc1/C=C(\C#N)C(=O)Nc1ccc(Cl)c(C(F)(F)F)c1. The molecule has 0 aliphatic carbocycles. The number of ether oxygens (including phenoxy) is 1. The maximum absolute atomic E-state index is 12.9. The summed E-state index contributed by atoms with van der Waals surface area (Å²) in [6, 6.07) is 11.6. The van der Waals surface area contributed by atoms with E-state index in [4.69, 9.17) is 16.3 Å². The summed E-state index contributed by atoms with van der Waals surface area (Å²) in [6.07, 6.45) is -2.57. The number of benzene rings is 2. The van der Waals surface area contributed by atoms with Crippen molar-refractivity contribution in [3.63, 3.8) is 0 Å². The lowest BCUT2D eigenvalue weighted by molar-refractivity contribution is -0.137. The molecule has 0 fully saturated rings. The number of anilines is 1. The first-order valence-electron chi connectivity index (χ1n) is 8.28. The molecule has 1 N–H and O–H groups in total. The first-order chi connectivity index (χ1) is 13.3. The van der Waals surface area contributed by atoms with Crippen molar-refractivity contribution in [3.8, 4) is 11.8 Å². The smallest absolute Gasteiger partial charge is 0.417 e. The van der Waals surface area contributed by atoms with Gasteiger partial charge in [0.15, 0.2) is 0 Å². The first kappa shape index (κ1) is 21.3. The molecule has 146 valence electrons. The van der Waals surface area contributed by atoms with Crippen molar-refractivity contribution in [2.75, 3.05) is 11.9 Å². The molecule has 0 atom stereocenters. The molecule has 2 rings (SSSR count). The Morgan fingerprint density at radius 3 is 2.64 bits per heavy atom. The summed E-state index contributed by atoms with van der Waals surface area (Å²) in [5.41, 5.74) is -0.975. The highest BCUT2D eigenvalue weighted by Gasteiger charge is 2.33. The molecular weight excluding hydrogens is 393 g/mol. The van der Waals surface area contributed by atoms with E-state index in [-0.39, 0.29) is 11.3 Å². The van der Waals surface area contributed by atoms with E-state index < -0.39 is 22.7 Å². The summed E-state index contributed by atoms with van der Waals surface area (Å²) in [7, 11) is 0. The number of rotatable bonds is 6. The van der Waals surface area contributed by atoms with Gasteiger partial charge in [0.1, 0.15) is 17.4 Å².